The molecule has 2 aromatic carbocycles. The number of aromatic nitrogens is 3. The van der Waals surface area contributed by atoms with E-state index in [4.69, 9.17) is 0 Å². The summed E-state index contributed by atoms with van der Waals surface area (Å²) in [6, 6.07) is 14.9. The van der Waals surface area contributed by atoms with Crippen molar-refractivity contribution in [3.05, 3.63) is 83.9 Å². The van der Waals surface area contributed by atoms with Gasteiger partial charge < -0.3 is 16.0 Å². The molecule has 2 aromatic heterocycles. The molecule has 0 aliphatic heterocycles. The molecule has 0 spiro atoms. The van der Waals surface area contributed by atoms with E-state index in [2.05, 4.69) is 44.7 Å². The molecule has 180 valence electrons. The number of alkyl halides is 3. The van der Waals surface area contributed by atoms with Crippen LogP contribution in [0.5, 0.6) is 0 Å². The van der Waals surface area contributed by atoms with E-state index in [1.54, 1.807) is 36.7 Å². The highest BCUT2D eigenvalue weighted by molar-refractivity contribution is 5.85. The van der Waals surface area contributed by atoms with Crippen molar-refractivity contribution in [2.24, 2.45) is 0 Å². The summed E-state index contributed by atoms with van der Waals surface area (Å²) < 4.78 is 38.7. The number of nitrogens with one attached hydrogen (secondary N) is 3. The lowest BCUT2D eigenvalue weighted by molar-refractivity contribution is -0.137. The van der Waals surface area contributed by atoms with Crippen molar-refractivity contribution >= 4 is 40.0 Å². The highest BCUT2D eigenvalue weighted by atomic mass is 19.4. The highest BCUT2D eigenvalue weighted by Crippen LogP contribution is 2.31. The maximum Gasteiger partial charge on any atom is 0.416 e. The fourth-order valence-electron chi connectivity index (χ4n) is 3.50. The molecular weight excluding hydrogens is 453 g/mol. The lowest BCUT2D eigenvalue weighted by Crippen LogP contribution is -2.09. The number of benzene rings is 2. The highest BCUT2D eigenvalue weighted by Gasteiger charge is 2.30. The quantitative estimate of drug-likeness (QED) is 0.266. The van der Waals surface area contributed by atoms with Gasteiger partial charge in [-0.3, -0.25) is 4.98 Å². The molecule has 2 heterocycles. The van der Waals surface area contributed by atoms with Gasteiger partial charge in [0.15, 0.2) is 0 Å². The minimum Gasteiger partial charge on any atom is -0.383 e. The van der Waals surface area contributed by atoms with Gasteiger partial charge in [0, 0.05) is 29.0 Å². The number of anilines is 4. The summed E-state index contributed by atoms with van der Waals surface area (Å²) in [5.74, 6) is 0.468. The van der Waals surface area contributed by atoms with E-state index in [9.17, 15) is 13.2 Å². The predicted octanol–water partition coefficient (Wildman–Crippen LogP) is 7.00. The van der Waals surface area contributed by atoms with Crippen molar-refractivity contribution in [3.8, 4) is 0 Å². The van der Waals surface area contributed by atoms with Crippen molar-refractivity contribution in [2.75, 3.05) is 16.0 Å². The third-order valence-corrected chi connectivity index (χ3v) is 5.07. The van der Waals surface area contributed by atoms with E-state index in [1.165, 1.54) is 6.07 Å². The Labute approximate surface area is 201 Å². The Morgan fingerprint density at radius 2 is 1.71 bits per heavy atom. The Morgan fingerprint density at radius 3 is 2.43 bits per heavy atom. The molecular formula is C26H25F3N6. The van der Waals surface area contributed by atoms with E-state index >= 15 is 0 Å². The van der Waals surface area contributed by atoms with E-state index in [-0.39, 0.29) is 0 Å². The number of hydrogen-bond donors (Lipinski definition) is 3. The van der Waals surface area contributed by atoms with Crippen molar-refractivity contribution < 1.29 is 13.2 Å². The second-order valence-corrected chi connectivity index (χ2v) is 8.32. The van der Waals surface area contributed by atoms with Gasteiger partial charge in [-0.2, -0.15) is 13.2 Å². The molecule has 0 atom stereocenters. The standard InChI is InChI=1S/C26H25F3N6/c1-16(2)32-21-9-10-23-17(3)33-25(35-24(23)14-21)30-12-11-19-7-8-22(15-31-19)34-20-6-4-5-18(13-20)26(27,28)29/h4-16,32,34H,1-3H3,(H,30,33,35)/b12-11+. The maximum atomic E-state index is 12.9. The molecule has 0 aliphatic carbocycles. The van der Waals surface area contributed by atoms with Crippen molar-refractivity contribution in [3.63, 3.8) is 0 Å². The van der Waals surface area contributed by atoms with Crippen LogP contribution in [0.1, 0.15) is 30.8 Å². The molecule has 4 rings (SSSR count). The minimum atomic E-state index is -4.39. The van der Waals surface area contributed by atoms with Crippen molar-refractivity contribution in [2.45, 2.75) is 33.0 Å². The van der Waals surface area contributed by atoms with Gasteiger partial charge in [0.2, 0.25) is 5.95 Å². The largest absolute Gasteiger partial charge is 0.416 e. The number of aryl methyl sites for hydroxylation is 1. The predicted molar refractivity (Wildman–Crippen MR) is 135 cm³/mol. The summed E-state index contributed by atoms with van der Waals surface area (Å²) >= 11 is 0. The zero-order valence-corrected chi connectivity index (χ0v) is 19.5. The Hall–Kier alpha value is -4.14. The minimum absolute atomic E-state index is 0.315. The van der Waals surface area contributed by atoms with E-state index in [1.807, 2.05) is 25.1 Å². The summed E-state index contributed by atoms with van der Waals surface area (Å²) in [7, 11) is 0. The molecule has 0 amide bonds. The second-order valence-electron chi connectivity index (χ2n) is 8.32. The van der Waals surface area contributed by atoms with E-state index in [0.717, 1.165) is 34.4 Å². The van der Waals surface area contributed by atoms with Gasteiger partial charge >= 0.3 is 6.18 Å². The SMILES string of the molecule is Cc1nc(N/C=C/c2ccc(Nc3cccc(C(F)(F)F)c3)cn2)nc2cc(NC(C)C)ccc12. The molecule has 0 saturated carbocycles. The van der Waals surface area contributed by atoms with Gasteiger partial charge in [-0.1, -0.05) is 6.07 Å². The first kappa shape index (κ1) is 24.0. The van der Waals surface area contributed by atoms with Crippen LogP contribution in [0.25, 0.3) is 17.0 Å². The number of pyridine rings is 1. The normalized spacial score (nSPS) is 11.9. The van der Waals surface area contributed by atoms with E-state index < -0.39 is 11.7 Å². The van der Waals surface area contributed by atoms with Crippen LogP contribution >= 0.6 is 0 Å². The Bertz CT molecular complexity index is 1350. The van der Waals surface area contributed by atoms with Gasteiger partial charge in [0.25, 0.3) is 0 Å². The molecule has 4 aromatic rings. The van der Waals surface area contributed by atoms with Gasteiger partial charge in [-0.05, 0) is 75.4 Å². The molecule has 3 N–H and O–H groups in total. The summed E-state index contributed by atoms with van der Waals surface area (Å²) in [6.45, 7) is 6.09. The van der Waals surface area contributed by atoms with Crippen LogP contribution in [0.15, 0.2) is 67.0 Å². The number of hydrogen-bond acceptors (Lipinski definition) is 6. The average molecular weight is 479 g/mol. The first-order valence-corrected chi connectivity index (χ1v) is 11.1. The molecule has 0 unspecified atom stereocenters. The molecule has 35 heavy (non-hydrogen) atoms. The number of halogens is 3. The lowest BCUT2D eigenvalue weighted by Gasteiger charge is -2.11. The monoisotopic (exact) mass is 478 g/mol. The average Bonchev–Trinajstić information content (AvgIpc) is 2.79. The fraction of sp³-hybridized carbons (Fsp3) is 0.192. The van der Waals surface area contributed by atoms with Crippen LogP contribution in [-0.4, -0.2) is 21.0 Å². The summed E-state index contributed by atoms with van der Waals surface area (Å²) in [6.07, 6.45) is 0.616. The summed E-state index contributed by atoms with van der Waals surface area (Å²) in [5, 5.41) is 10.4. The topological polar surface area (TPSA) is 74.8 Å². The molecule has 6 nitrogen and oxygen atoms in total. The zero-order valence-electron chi connectivity index (χ0n) is 19.5. The van der Waals surface area contributed by atoms with E-state index in [0.29, 0.717) is 29.1 Å². The van der Waals surface area contributed by atoms with Crippen LogP contribution in [0.2, 0.25) is 0 Å². The number of rotatable bonds is 7. The Balaban J connectivity index is 1.42. The zero-order chi connectivity index (χ0) is 25.0. The lowest BCUT2D eigenvalue weighted by atomic mass is 10.1. The molecule has 9 heteroatoms. The van der Waals surface area contributed by atoms with Gasteiger partial charge in [0.05, 0.1) is 34.4 Å². The van der Waals surface area contributed by atoms with Crippen LogP contribution in [0.4, 0.5) is 36.2 Å². The molecule has 0 fully saturated rings. The van der Waals surface area contributed by atoms with Crippen LogP contribution in [0, 0.1) is 6.92 Å². The third kappa shape index (κ3) is 6.26. The second kappa shape index (κ2) is 10.0. The van der Waals surface area contributed by atoms with Gasteiger partial charge in [0.1, 0.15) is 0 Å². The van der Waals surface area contributed by atoms with Gasteiger partial charge in [-0.25, -0.2) is 9.97 Å². The van der Waals surface area contributed by atoms with Crippen molar-refractivity contribution in [1.82, 2.24) is 15.0 Å². The first-order chi connectivity index (χ1) is 16.7. The van der Waals surface area contributed by atoms with Crippen molar-refractivity contribution in [1.29, 1.82) is 0 Å². The fourth-order valence-corrected chi connectivity index (χ4v) is 3.50. The van der Waals surface area contributed by atoms with Crippen LogP contribution in [-0.2, 0) is 6.18 Å². The first-order valence-electron chi connectivity index (χ1n) is 11.1. The van der Waals surface area contributed by atoms with Gasteiger partial charge in [-0.15, -0.1) is 0 Å². The summed E-state index contributed by atoms with van der Waals surface area (Å²) in [4.78, 5) is 13.4. The maximum absolute atomic E-state index is 12.9. The summed E-state index contributed by atoms with van der Waals surface area (Å²) in [5.41, 5.74) is 3.56. The molecule has 0 bridgehead atoms. The Morgan fingerprint density at radius 1 is 0.914 bits per heavy atom. The number of nitrogens with zero attached hydrogens (tertiary/aromatic N) is 3. The Kier molecular flexibility index (Phi) is 6.86. The molecule has 0 saturated heterocycles. The van der Waals surface area contributed by atoms with Crippen LogP contribution in [0.3, 0.4) is 0 Å². The molecule has 0 aliphatic rings. The smallest absolute Gasteiger partial charge is 0.383 e. The number of fused-ring (bicyclic) bond motifs is 1. The van der Waals surface area contributed by atoms with Crippen LogP contribution < -0.4 is 16.0 Å². The molecule has 0 radical (unpaired) electrons. The third-order valence-electron chi connectivity index (χ3n) is 5.07.